The summed E-state index contributed by atoms with van der Waals surface area (Å²) in [5.74, 6) is 1.86. The number of nitrogens with one attached hydrogen (secondary N) is 2. The zero-order valence-corrected chi connectivity index (χ0v) is 11.1. The highest BCUT2D eigenvalue weighted by atomic mass is 16.5. The van der Waals surface area contributed by atoms with Crippen LogP contribution in [0.15, 0.2) is 29.3 Å². The fraction of sp³-hybridized carbons (Fsp3) is 0.500. The SMILES string of the molecule is CCOc1cccc(CCNC2=NCC(C)N2)c1. The van der Waals surface area contributed by atoms with E-state index < -0.39 is 0 Å². The molecule has 1 heterocycles. The van der Waals surface area contributed by atoms with Crippen LogP contribution in [0.2, 0.25) is 0 Å². The van der Waals surface area contributed by atoms with Crippen molar-refractivity contribution < 1.29 is 4.74 Å². The third-order valence-corrected chi connectivity index (χ3v) is 2.82. The zero-order chi connectivity index (χ0) is 12.8. The molecule has 1 unspecified atom stereocenters. The molecule has 98 valence electrons. The van der Waals surface area contributed by atoms with Gasteiger partial charge in [-0.25, -0.2) is 0 Å². The first-order chi connectivity index (χ1) is 8.78. The Morgan fingerprint density at radius 1 is 1.50 bits per heavy atom. The van der Waals surface area contributed by atoms with Gasteiger partial charge in [-0.2, -0.15) is 0 Å². The predicted octanol–water partition coefficient (Wildman–Crippen LogP) is 1.57. The summed E-state index contributed by atoms with van der Waals surface area (Å²) in [5, 5.41) is 6.60. The van der Waals surface area contributed by atoms with Crippen LogP contribution in [0.4, 0.5) is 0 Å². The molecule has 0 radical (unpaired) electrons. The summed E-state index contributed by atoms with van der Waals surface area (Å²) in [6.07, 6.45) is 0.968. The van der Waals surface area contributed by atoms with Crippen LogP contribution in [0.3, 0.4) is 0 Å². The monoisotopic (exact) mass is 247 g/mol. The van der Waals surface area contributed by atoms with Crippen molar-refractivity contribution in [2.75, 3.05) is 19.7 Å². The van der Waals surface area contributed by atoms with Crippen LogP contribution < -0.4 is 15.4 Å². The van der Waals surface area contributed by atoms with E-state index in [1.165, 1.54) is 5.56 Å². The normalized spacial score (nSPS) is 18.1. The Kier molecular flexibility index (Phi) is 4.45. The fourth-order valence-corrected chi connectivity index (χ4v) is 1.94. The lowest BCUT2D eigenvalue weighted by molar-refractivity contribution is 0.340. The zero-order valence-electron chi connectivity index (χ0n) is 11.1. The van der Waals surface area contributed by atoms with Gasteiger partial charge >= 0.3 is 0 Å². The molecule has 18 heavy (non-hydrogen) atoms. The number of guanidine groups is 1. The minimum Gasteiger partial charge on any atom is -0.494 e. The standard InChI is InChI=1S/C14H21N3O/c1-3-18-13-6-4-5-12(9-13)7-8-15-14-16-10-11(2)17-14/h4-6,9,11H,3,7-8,10H2,1-2H3,(H2,15,16,17). The van der Waals surface area contributed by atoms with E-state index in [0.29, 0.717) is 12.6 Å². The van der Waals surface area contributed by atoms with Crippen molar-refractivity contribution >= 4 is 5.96 Å². The molecular weight excluding hydrogens is 226 g/mol. The Balaban J connectivity index is 1.77. The Labute approximate surface area is 108 Å². The molecule has 1 aromatic rings. The third kappa shape index (κ3) is 3.65. The van der Waals surface area contributed by atoms with E-state index in [0.717, 1.165) is 31.2 Å². The van der Waals surface area contributed by atoms with Gasteiger partial charge in [-0.1, -0.05) is 12.1 Å². The topological polar surface area (TPSA) is 45.6 Å². The van der Waals surface area contributed by atoms with E-state index >= 15 is 0 Å². The quantitative estimate of drug-likeness (QED) is 0.830. The summed E-state index contributed by atoms with van der Waals surface area (Å²) in [6, 6.07) is 8.70. The molecule has 2 rings (SSSR count). The van der Waals surface area contributed by atoms with Crippen molar-refractivity contribution in [2.24, 2.45) is 4.99 Å². The molecule has 1 aliphatic rings. The first kappa shape index (κ1) is 12.7. The van der Waals surface area contributed by atoms with Crippen molar-refractivity contribution in [1.29, 1.82) is 0 Å². The molecule has 4 heteroatoms. The highest BCUT2D eigenvalue weighted by molar-refractivity contribution is 5.81. The number of rotatable bonds is 5. The van der Waals surface area contributed by atoms with Crippen LogP contribution in [0.25, 0.3) is 0 Å². The van der Waals surface area contributed by atoms with Gasteiger partial charge in [-0.15, -0.1) is 0 Å². The molecule has 0 aromatic heterocycles. The second-order valence-electron chi connectivity index (χ2n) is 4.49. The Hall–Kier alpha value is -1.71. The van der Waals surface area contributed by atoms with Crippen LogP contribution in [0, 0.1) is 0 Å². The highest BCUT2D eigenvalue weighted by Crippen LogP contribution is 2.13. The Morgan fingerprint density at radius 2 is 2.39 bits per heavy atom. The summed E-state index contributed by atoms with van der Waals surface area (Å²) in [4.78, 5) is 4.36. The molecule has 0 spiro atoms. The van der Waals surface area contributed by atoms with Gasteiger partial charge in [0.05, 0.1) is 13.2 Å². The molecule has 2 N–H and O–H groups in total. The molecule has 0 bridgehead atoms. The van der Waals surface area contributed by atoms with E-state index in [-0.39, 0.29) is 0 Å². The molecule has 0 fully saturated rings. The first-order valence-corrected chi connectivity index (χ1v) is 6.54. The molecule has 0 amide bonds. The molecule has 0 saturated carbocycles. The van der Waals surface area contributed by atoms with Crippen LogP contribution in [-0.2, 0) is 6.42 Å². The number of aliphatic imine (C=N–C) groups is 1. The van der Waals surface area contributed by atoms with Crippen molar-refractivity contribution in [3.05, 3.63) is 29.8 Å². The Bertz CT molecular complexity index is 417. The molecular formula is C14H21N3O. The van der Waals surface area contributed by atoms with Crippen molar-refractivity contribution in [3.8, 4) is 5.75 Å². The second-order valence-corrected chi connectivity index (χ2v) is 4.49. The number of nitrogens with zero attached hydrogens (tertiary/aromatic N) is 1. The van der Waals surface area contributed by atoms with Crippen LogP contribution in [-0.4, -0.2) is 31.7 Å². The molecule has 0 aliphatic carbocycles. The number of benzene rings is 1. The summed E-state index contributed by atoms with van der Waals surface area (Å²) >= 11 is 0. The maximum atomic E-state index is 5.48. The molecule has 4 nitrogen and oxygen atoms in total. The van der Waals surface area contributed by atoms with E-state index in [4.69, 9.17) is 4.74 Å². The molecule has 0 saturated heterocycles. The number of hydrogen-bond donors (Lipinski definition) is 2. The molecule has 1 atom stereocenters. The van der Waals surface area contributed by atoms with Gasteiger partial charge in [-0.3, -0.25) is 4.99 Å². The third-order valence-electron chi connectivity index (χ3n) is 2.82. The van der Waals surface area contributed by atoms with Crippen molar-refractivity contribution in [2.45, 2.75) is 26.3 Å². The molecule has 1 aromatic carbocycles. The maximum absolute atomic E-state index is 5.48. The van der Waals surface area contributed by atoms with Crippen LogP contribution >= 0.6 is 0 Å². The van der Waals surface area contributed by atoms with Crippen LogP contribution in [0.1, 0.15) is 19.4 Å². The number of hydrogen-bond acceptors (Lipinski definition) is 4. The van der Waals surface area contributed by atoms with Gasteiger partial charge in [0, 0.05) is 12.6 Å². The average molecular weight is 247 g/mol. The minimum absolute atomic E-state index is 0.453. The maximum Gasteiger partial charge on any atom is 0.191 e. The lowest BCUT2D eigenvalue weighted by atomic mass is 10.1. The van der Waals surface area contributed by atoms with E-state index in [1.54, 1.807) is 0 Å². The highest BCUT2D eigenvalue weighted by Gasteiger charge is 2.11. The van der Waals surface area contributed by atoms with Gasteiger partial charge < -0.3 is 15.4 Å². The summed E-state index contributed by atoms with van der Waals surface area (Å²) in [6.45, 7) is 6.58. The van der Waals surface area contributed by atoms with Gasteiger partial charge in [0.1, 0.15) is 5.75 Å². The summed E-state index contributed by atoms with van der Waals surface area (Å²) < 4.78 is 5.48. The van der Waals surface area contributed by atoms with E-state index in [2.05, 4.69) is 34.7 Å². The van der Waals surface area contributed by atoms with E-state index in [1.807, 2.05) is 19.1 Å². The lowest BCUT2D eigenvalue weighted by Gasteiger charge is -2.09. The average Bonchev–Trinajstić information content (AvgIpc) is 2.76. The van der Waals surface area contributed by atoms with Gasteiger partial charge in [0.15, 0.2) is 5.96 Å². The largest absolute Gasteiger partial charge is 0.494 e. The van der Waals surface area contributed by atoms with Crippen molar-refractivity contribution in [1.82, 2.24) is 10.6 Å². The van der Waals surface area contributed by atoms with Crippen molar-refractivity contribution in [3.63, 3.8) is 0 Å². The summed E-state index contributed by atoms with van der Waals surface area (Å²) in [7, 11) is 0. The fourth-order valence-electron chi connectivity index (χ4n) is 1.94. The van der Waals surface area contributed by atoms with Crippen LogP contribution in [0.5, 0.6) is 5.75 Å². The second kappa shape index (κ2) is 6.28. The van der Waals surface area contributed by atoms with E-state index in [9.17, 15) is 0 Å². The van der Waals surface area contributed by atoms with Gasteiger partial charge in [0.2, 0.25) is 0 Å². The van der Waals surface area contributed by atoms with Gasteiger partial charge in [0.25, 0.3) is 0 Å². The predicted molar refractivity (Wildman–Crippen MR) is 74.2 cm³/mol. The summed E-state index contributed by atoms with van der Waals surface area (Å²) in [5.41, 5.74) is 1.28. The minimum atomic E-state index is 0.453. The Morgan fingerprint density at radius 3 is 3.11 bits per heavy atom. The van der Waals surface area contributed by atoms with Gasteiger partial charge in [-0.05, 0) is 38.0 Å². The lowest BCUT2D eigenvalue weighted by Crippen LogP contribution is -2.38. The number of ether oxygens (including phenoxy) is 1. The molecule has 1 aliphatic heterocycles. The first-order valence-electron chi connectivity index (χ1n) is 6.54. The smallest absolute Gasteiger partial charge is 0.191 e.